The summed E-state index contributed by atoms with van der Waals surface area (Å²) in [6.45, 7) is 0.0478. The zero-order chi connectivity index (χ0) is 11.8. The van der Waals surface area contributed by atoms with Gasteiger partial charge in [-0.2, -0.15) is 0 Å². The Bertz CT molecular complexity index is 242. The minimum absolute atomic E-state index is 0.0478. The van der Waals surface area contributed by atoms with E-state index in [4.69, 9.17) is 5.11 Å². The minimum atomic E-state index is -0.401. The van der Waals surface area contributed by atoms with Crippen LogP contribution in [0, 0.1) is 0 Å². The first kappa shape index (κ1) is 13.3. The fourth-order valence-electron chi connectivity index (χ4n) is 1.68. The summed E-state index contributed by atoms with van der Waals surface area (Å²) in [5, 5.41) is 13.6. The lowest BCUT2D eigenvalue weighted by atomic mass is 10.2. The van der Waals surface area contributed by atoms with E-state index in [9.17, 15) is 9.59 Å². The number of hydrogen-bond donors (Lipinski definition) is 3. The maximum Gasteiger partial charge on any atom is 0.321 e. The summed E-state index contributed by atoms with van der Waals surface area (Å²) < 4.78 is 0. The van der Waals surface area contributed by atoms with Crippen LogP contribution in [0.5, 0.6) is 0 Å². The monoisotopic (exact) mass is 246 g/mol. The highest BCUT2D eigenvalue weighted by molar-refractivity contribution is 7.99. The number of nitrogens with one attached hydrogen (secondary N) is 2. The van der Waals surface area contributed by atoms with Crippen LogP contribution in [0.25, 0.3) is 0 Å². The predicted octanol–water partition coefficient (Wildman–Crippen LogP) is 0.480. The van der Waals surface area contributed by atoms with E-state index in [0.717, 1.165) is 25.7 Å². The summed E-state index contributed by atoms with van der Waals surface area (Å²) in [4.78, 5) is 22.6. The molecule has 16 heavy (non-hydrogen) atoms. The van der Waals surface area contributed by atoms with Gasteiger partial charge < -0.3 is 10.4 Å². The number of carbonyl (C=O) groups excluding carboxylic acids is 2. The molecule has 1 aliphatic carbocycles. The Balaban J connectivity index is 2.10. The van der Waals surface area contributed by atoms with E-state index in [0.29, 0.717) is 5.75 Å². The van der Waals surface area contributed by atoms with Gasteiger partial charge in [-0.15, -0.1) is 11.8 Å². The van der Waals surface area contributed by atoms with E-state index in [2.05, 4.69) is 10.6 Å². The van der Waals surface area contributed by atoms with Crippen LogP contribution in [0.2, 0.25) is 0 Å². The van der Waals surface area contributed by atoms with Gasteiger partial charge in [0.15, 0.2) is 0 Å². The molecule has 0 aromatic heterocycles. The molecule has 0 saturated heterocycles. The van der Waals surface area contributed by atoms with Crippen LogP contribution in [0.3, 0.4) is 0 Å². The van der Waals surface area contributed by atoms with Gasteiger partial charge in [-0.05, 0) is 12.8 Å². The van der Waals surface area contributed by atoms with E-state index in [1.54, 1.807) is 0 Å². The zero-order valence-corrected chi connectivity index (χ0v) is 10.0. The molecule has 0 aromatic carbocycles. The van der Waals surface area contributed by atoms with Gasteiger partial charge >= 0.3 is 6.03 Å². The summed E-state index contributed by atoms with van der Waals surface area (Å²) in [5.74, 6) is 0.407. The summed E-state index contributed by atoms with van der Waals surface area (Å²) in [6.07, 6.45) is 4.29. The lowest BCUT2D eigenvalue weighted by molar-refractivity contribution is -0.117. The third kappa shape index (κ3) is 5.37. The number of aliphatic hydroxyl groups is 1. The minimum Gasteiger partial charge on any atom is -0.396 e. The van der Waals surface area contributed by atoms with Gasteiger partial charge in [-0.25, -0.2) is 4.79 Å². The molecule has 0 heterocycles. The Morgan fingerprint density at radius 2 is 2.00 bits per heavy atom. The van der Waals surface area contributed by atoms with Gasteiger partial charge in [-0.1, -0.05) is 12.8 Å². The molecule has 0 atom stereocenters. The number of imide groups is 1. The molecule has 0 radical (unpaired) electrons. The van der Waals surface area contributed by atoms with Gasteiger partial charge in [0.25, 0.3) is 0 Å². The Morgan fingerprint density at radius 1 is 1.31 bits per heavy atom. The molecule has 1 rings (SSSR count). The van der Waals surface area contributed by atoms with Gasteiger partial charge in [0.05, 0.1) is 12.4 Å². The van der Waals surface area contributed by atoms with E-state index in [-0.39, 0.29) is 24.3 Å². The van der Waals surface area contributed by atoms with Crippen LogP contribution in [0.1, 0.15) is 25.7 Å². The highest BCUT2D eigenvalue weighted by Gasteiger charge is 2.17. The van der Waals surface area contributed by atoms with E-state index >= 15 is 0 Å². The summed E-state index contributed by atoms with van der Waals surface area (Å²) >= 11 is 1.30. The molecule has 6 heteroatoms. The maximum atomic E-state index is 11.3. The summed E-state index contributed by atoms with van der Waals surface area (Å²) in [6, 6.07) is -0.181. The maximum absolute atomic E-state index is 11.3. The third-order valence-corrected chi connectivity index (χ3v) is 3.35. The topological polar surface area (TPSA) is 78.4 Å². The smallest absolute Gasteiger partial charge is 0.321 e. The predicted molar refractivity (Wildman–Crippen MR) is 63.3 cm³/mol. The van der Waals surface area contributed by atoms with Crippen molar-refractivity contribution in [1.29, 1.82) is 0 Å². The molecule has 3 N–H and O–H groups in total. The normalized spacial score (nSPS) is 16.1. The number of urea groups is 1. The molecule has 0 aliphatic heterocycles. The number of carbonyl (C=O) groups is 2. The van der Waals surface area contributed by atoms with Crippen molar-refractivity contribution in [2.75, 3.05) is 18.1 Å². The molecule has 92 valence electrons. The molecule has 0 unspecified atom stereocenters. The van der Waals surface area contributed by atoms with Crippen molar-refractivity contribution in [3.8, 4) is 0 Å². The van der Waals surface area contributed by atoms with Gasteiger partial charge in [0, 0.05) is 11.8 Å². The second kappa shape index (κ2) is 7.51. The average molecular weight is 246 g/mol. The lowest BCUT2D eigenvalue weighted by Crippen LogP contribution is -2.44. The van der Waals surface area contributed by atoms with Crippen LogP contribution in [0.15, 0.2) is 0 Å². The van der Waals surface area contributed by atoms with E-state index < -0.39 is 6.03 Å². The molecule has 0 spiro atoms. The molecular formula is C10H18N2O3S. The third-order valence-electron chi connectivity index (χ3n) is 2.41. The molecule has 3 amide bonds. The first-order chi connectivity index (χ1) is 7.72. The number of amides is 3. The van der Waals surface area contributed by atoms with Crippen LogP contribution >= 0.6 is 11.8 Å². The zero-order valence-electron chi connectivity index (χ0n) is 9.20. The molecule has 1 saturated carbocycles. The Labute approximate surface area is 99.4 Å². The quantitative estimate of drug-likeness (QED) is 0.617. The highest BCUT2D eigenvalue weighted by atomic mass is 32.2. The first-order valence-electron chi connectivity index (χ1n) is 5.51. The SMILES string of the molecule is O=C(CSCCO)NC(=O)NC1CCCC1. The lowest BCUT2D eigenvalue weighted by Gasteiger charge is -2.11. The number of rotatable bonds is 5. The van der Waals surface area contributed by atoms with Crippen LogP contribution in [-0.4, -0.2) is 41.2 Å². The fraction of sp³-hybridized carbons (Fsp3) is 0.800. The van der Waals surface area contributed by atoms with Crippen molar-refractivity contribution in [3.63, 3.8) is 0 Å². The van der Waals surface area contributed by atoms with Gasteiger partial charge in [0.1, 0.15) is 0 Å². The second-order valence-corrected chi connectivity index (χ2v) is 4.88. The molecule has 0 bridgehead atoms. The molecule has 0 aromatic rings. The Morgan fingerprint density at radius 3 is 2.62 bits per heavy atom. The second-order valence-electron chi connectivity index (χ2n) is 3.78. The summed E-state index contributed by atoms with van der Waals surface area (Å²) in [5.41, 5.74) is 0. The van der Waals surface area contributed by atoms with Crippen LogP contribution in [-0.2, 0) is 4.79 Å². The molecular weight excluding hydrogens is 228 g/mol. The largest absolute Gasteiger partial charge is 0.396 e. The standard InChI is InChI=1S/C10H18N2O3S/c13-5-6-16-7-9(14)12-10(15)11-8-3-1-2-4-8/h8,13H,1-7H2,(H2,11,12,14,15). The Kier molecular flexibility index (Phi) is 6.25. The van der Waals surface area contributed by atoms with Gasteiger partial charge in [-0.3, -0.25) is 10.1 Å². The van der Waals surface area contributed by atoms with Crippen LogP contribution in [0.4, 0.5) is 4.79 Å². The average Bonchev–Trinajstić information content (AvgIpc) is 2.70. The number of hydrogen-bond acceptors (Lipinski definition) is 4. The van der Waals surface area contributed by atoms with Crippen molar-refractivity contribution < 1.29 is 14.7 Å². The molecule has 5 nitrogen and oxygen atoms in total. The Hall–Kier alpha value is -0.750. The fourth-order valence-corrected chi connectivity index (χ4v) is 2.21. The first-order valence-corrected chi connectivity index (χ1v) is 6.67. The molecule has 1 aliphatic rings. The van der Waals surface area contributed by atoms with Crippen molar-refractivity contribution in [1.82, 2.24) is 10.6 Å². The number of thioether (sulfide) groups is 1. The van der Waals surface area contributed by atoms with Crippen molar-refractivity contribution in [2.45, 2.75) is 31.7 Å². The number of aliphatic hydroxyl groups excluding tert-OH is 1. The van der Waals surface area contributed by atoms with Crippen LogP contribution < -0.4 is 10.6 Å². The van der Waals surface area contributed by atoms with E-state index in [1.807, 2.05) is 0 Å². The van der Waals surface area contributed by atoms with Gasteiger partial charge in [0.2, 0.25) is 5.91 Å². The van der Waals surface area contributed by atoms with E-state index in [1.165, 1.54) is 11.8 Å². The van der Waals surface area contributed by atoms with Crippen molar-refractivity contribution >= 4 is 23.7 Å². The van der Waals surface area contributed by atoms with Crippen molar-refractivity contribution in [2.24, 2.45) is 0 Å². The van der Waals surface area contributed by atoms with Crippen molar-refractivity contribution in [3.05, 3.63) is 0 Å². The molecule has 1 fully saturated rings. The highest BCUT2D eigenvalue weighted by Crippen LogP contribution is 2.17. The summed E-state index contributed by atoms with van der Waals surface area (Å²) in [7, 11) is 0.